The summed E-state index contributed by atoms with van der Waals surface area (Å²) >= 11 is 1.11. The smallest absolute Gasteiger partial charge is 0.406 e. The van der Waals surface area contributed by atoms with Crippen LogP contribution >= 0.6 is 11.8 Å². The first-order chi connectivity index (χ1) is 13.1. The van der Waals surface area contributed by atoms with Crippen LogP contribution in [0.2, 0.25) is 0 Å². The van der Waals surface area contributed by atoms with Crippen LogP contribution in [-0.4, -0.2) is 34.8 Å². The molecule has 0 spiro atoms. The number of anilines is 1. The Labute approximate surface area is 163 Å². The molecular formula is C17H18F3N3O4S. The van der Waals surface area contributed by atoms with Crippen LogP contribution in [0.5, 0.6) is 5.75 Å². The Morgan fingerprint density at radius 2 is 1.86 bits per heavy atom. The molecule has 1 aromatic carbocycles. The van der Waals surface area contributed by atoms with Crippen molar-refractivity contribution >= 4 is 29.4 Å². The third-order valence-corrected chi connectivity index (χ3v) is 4.29. The number of hydrogen-bond acceptors (Lipinski definition) is 6. The Bertz CT molecular complexity index is 809. The highest BCUT2D eigenvalue weighted by Crippen LogP contribution is 2.24. The number of rotatable bonds is 8. The number of aryl methyl sites for hydroxylation is 1. The number of nitrogens with zero attached hydrogens (tertiary/aromatic N) is 1. The van der Waals surface area contributed by atoms with Gasteiger partial charge in [-0.15, -0.1) is 24.9 Å². The molecule has 2 N–H and O–H groups in total. The van der Waals surface area contributed by atoms with Gasteiger partial charge < -0.3 is 19.9 Å². The van der Waals surface area contributed by atoms with Gasteiger partial charge in [-0.3, -0.25) is 9.59 Å². The second-order valence-electron chi connectivity index (χ2n) is 5.77. The summed E-state index contributed by atoms with van der Waals surface area (Å²) < 4.78 is 45.1. The Kier molecular flexibility index (Phi) is 7.32. The molecule has 11 heteroatoms. The first-order valence-electron chi connectivity index (χ1n) is 8.08. The van der Waals surface area contributed by atoms with Crippen LogP contribution < -0.4 is 15.4 Å². The van der Waals surface area contributed by atoms with Crippen molar-refractivity contribution in [3.05, 3.63) is 41.7 Å². The van der Waals surface area contributed by atoms with Gasteiger partial charge in [0.05, 0.1) is 17.5 Å². The fourth-order valence-corrected chi connectivity index (χ4v) is 2.79. The van der Waals surface area contributed by atoms with E-state index in [1.54, 1.807) is 19.9 Å². The SMILES string of the molecule is Cc1cc(NC(=O)CSCC(=O)NC(C)c2ccc(OC(F)(F)F)cc2)no1. The molecule has 2 rings (SSSR count). The summed E-state index contributed by atoms with van der Waals surface area (Å²) in [5, 5.41) is 8.88. The van der Waals surface area contributed by atoms with Gasteiger partial charge in [-0.1, -0.05) is 17.3 Å². The summed E-state index contributed by atoms with van der Waals surface area (Å²) in [4.78, 5) is 23.7. The first-order valence-corrected chi connectivity index (χ1v) is 9.24. The van der Waals surface area contributed by atoms with Gasteiger partial charge in [0, 0.05) is 6.07 Å². The van der Waals surface area contributed by atoms with Crippen LogP contribution in [0, 0.1) is 6.92 Å². The molecule has 2 amide bonds. The van der Waals surface area contributed by atoms with Gasteiger partial charge in [-0.2, -0.15) is 0 Å². The second kappa shape index (κ2) is 9.49. The molecule has 0 saturated carbocycles. The molecule has 1 aromatic heterocycles. The van der Waals surface area contributed by atoms with Gasteiger partial charge >= 0.3 is 6.36 Å². The number of thioether (sulfide) groups is 1. The van der Waals surface area contributed by atoms with Crippen LogP contribution in [-0.2, 0) is 9.59 Å². The molecule has 0 aliphatic rings. The second-order valence-corrected chi connectivity index (χ2v) is 6.76. The van der Waals surface area contributed by atoms with E-state index in [0.29, 0.717) is 17.1 Å². The molecule has 7 nitrogen and oxygen atoms in total. The van der Waals surface area contributed by atoms with E-state index < -0.39 is 12.4 Å². The monoisotopic (exact) mass is 417 g/mol. The number of ether oxygens (including phenoxy) is 1. The first kappa shape index (κ1) is 21.6. The van der Waals surface area contributed by atoms with Gasteiger partial charge in [0.15, 0.2) is 5.82 Å². The van der Waals surface area contributed by atoms with Crippen molar-refractivity contribution in [1.29, 1.82) is 0 Å². The van der Waals surface area contributed by atoms with Gasteiger partial charge in [0.2, 0.25) is 11.8 Å². The number of benzene rings is 1. The number of halogens is 3. The molecule has 0 aliphatic carbocycles. The largest absolute Gasteiger partial charge is 0.573 e. The van der Waals surface area contributed by atoms with E-state index in [1.807, 2.05) is 0 Å². The van der Waals surface area contributed by atoms with Crippen molar-refractivity contribution < 1.29 is 32.0 Å². The lowest BCUT2D eigenvalue weighted by Crippen LogP contribution is -2.28. The minimum absolute atomic E-state index is 0.0465. The summed E-state index contributed by atoms with van der Waals surface area (Å²) in [6, 6.07) is 6.38. The molecule has 28 heavy (non-hydrogen) atoms. The van der Waals surface area contributed by atoms with Gasteiger partial charge in [0.25, 0.3) is 0 Å². The van der Waals surface area contributed by atoms with Crippen molar-refractivity contribution in [1.82, 2.24) is 10.5 Å². The maximum absolute atomic E-state index is 12.2. The number of alkyl halides is 3. The van der Waals surface area contributed by atoms with Gasteiger partial charge in [-0.25, -0.2) is 0 Å². The lowest BCUT2D eigenvalue weighted by molar-refractivity contribution is -0.274. The maximum Gasteiger partial charge on any atom is 0.573 e. The lowest BCUT2D eigenvalue weighted by Gasteiger charge is -2.15. The molecule has 1 heterocycles. The minimum Gasteiger partial charge on any atom is -0.406 e. The molecular weight excluding hydrogens is 399 g/mol. The fraction of sp³-hybridized carbons (Fsp3) is 0.353. The predicted octanol–water partition coefficient (Wildman–Crippen LogP) is 3.43. The van der Waals surface area contributed by atoms with Crippen LogP contribution in [0.1, 0.15) is 24.3 Å². The molecule has 0 fully saturated rings. The molecule has 0 radical (unpaired) electrons. The van der Waals surface area contributed by atoms with Gasteiger partial charge in [0.1, 0.15) is 11.5 Å². The summed E-state index contributed by atoms with van der Waals surface area (Å²) in [7, 11) is 0. The van der Waals surface area contributed by atoms with Gasteiger partial charge in [-0.05, 0) is 31.5 Å². The number of carbonyl (C=O) groups excluding carboxylic acids is 2. The molecule has 2 aromatic rings. The van der Waals surface area contributed by atoms with E-state index in [1.165, 1.54) is 24.3 Å². The number of nitrogens with one attached hydrogen (secondary N) is 2. The summed E-state index contributed by atoms with van der Waals surface area (Å²) in [6.07, 6.45) is -4.75. The zero-order valence-electron chi connectivity index (χ0n) is 15.0. The molecule has 152 valence electrons. The number of carbonyl (C=O) groups is 2. The summed E-state index contributed by atoms with van der Waals surface area (Å²) in [5.41, 5.74) is 0.618. The molecule has 1 unspecified atom stereocenters. The van der Waals surface area contributed by atoms with E-state index in [-0.39, 0.29) is 29.1 Å². The third kappa shape index (κ3) is 7.51. The van der Waals surface area contributed by atoms with E-state index in [2.05, 4.69) is 20.5 Å². The van der Waals surface area contributed by atoms with Crippen LogP contribution in [0.4, 0.5) is 19.0 Å². The van der Waals surface area contributed by atoms with Crippen molar-refractivity contribution in [3.8, 4) is 5.75 Å². The summed E-state index contributed by atoms with van der Waals surface area (Å²) in [5.74, 6) is 0.00639. The van der Waals surface area contributed by atoms with E-state index >= 15 is 0 Å². The summed E-state index contributed by atoms with van der Waals surface area (Å²) in [6.45, 7) is 3.39. The zero-order valence-corrected chi connectivity index (χ0v) is 15.8. The zero-order chi connectivity index (χ0) is 20.7. The predicted molar refractivity (Wildman–Crippen MR) is 96.9 cm³/mol. The Hall–Kier alpha value is -2.69. The quantitative estimate of drug-likeness (QED) is 0.684. The Morgan fingerprint density at radius 3 is 2.43 bits per heavy atom. The van der Waals surface area contributed by atoms with E-state index in [4.69, 9.17) is 4.52 Å². The molecule has 1 atom stereocenters. The average Bonchev–Trinajstić information content (AvgIpc) is 2.98. The van der Waals surface area contributed by atoms with Crippen LogP contribution in [0.3, 0.4) is 0 Å². The van der Waals surface area contributed by atoms with Crippen molar-refractivity contribution in [3.63, 3.8) is 0 Å². The number of hydrogen-bond donors (Lipinski definition) is 2. The third-order valence-electron chi connectivity index (χ3n) is 3.35. The highest BCUT2D eigenvalue weighted by atomic mass is 32.2. The molecule has 0 saturated heterocycles. The topological polar surface area (TPSA) is 93.5 Å². The van der Waals surface area contributed by atoms with E-state index in [0.717, 1.165) is 11.8 Å². The number of aromatic nitrogens is 1. The van der Waals surface area contributed by atoms with E-state index in [9.17, 15) is 22.8 Å². The average molecular weight is 417 g/mol. The Balaban J connectivity index is 1.72. The number of amides is 2. The molecule has 0 bridgehead atoms. The fourth-order valence-electron chi connectivity index (χ4n) is 2.17. The van der Waals surface area contributed by atoms with Crippen LogP contribution in [0.25, 0.3) is 0 Å². The standard InChI is InChI=1S/C17H18F3N3O4S/c1-10-7-14(23-27-10)22-16(25)9-28-8-15(24)21-11(2)12-3-5-13(6-4-12)26-17(18,19)20/h3-7,11H,8-9H2,1-2H3,(H,21,24)(H,22,23,25). The Morgan fingerprint density at radius 1 is 1.21 bits per heavy atom. The van der Waals surface area contributed by atoms with Crippen molar-refractivity contribution in [2.45, 2.75) is 26.3 Å². The highest BCUT2D eigenvalue weighted by Gasteiger charge is 2.31. The minimum atomic E-state index is -4.75. The van der Waals surface area contributed by atoms with Crippen molar-refractivity contribution in [2.24, 2.45) is 0 Å². The maximum atomic E-state index is 12.2. The van der Waals surface area contributed by atoms with Crippen LogP contribution in [0.15, 0.2) is 34.9 Å². The highest BCUT2D eigenvalue weighted by molar-refractivity contribution is 8.00. The molecule has 0 aliphatic heterocycles. The normalized spacial score (nSPS) is 12.3. The van der Waals surface area contributed by atoms with Crippen molar-refractivity contribution in [2.75, 3.05) is 16.8 Å². The lowest BCUT2D eigenvalue weighted by atomic mass is 10.1.